The number of rotatable bonds is 7. The molecule has 1 aromatic carbocycles. The molecule has 0 aliphatic carbocycles. The number of carbonyl (C=O) groups excluding carboxylic acids is 2. The summed E-state index contributed by atoms with van der Waals surface area (Å²) >= 11 is 0. The van der Waals surface area contributed by atoms with Crippen LogP contribution in [-0.2, 0) is 9.53 Å². The first kappa shape index (κ1) is 17.4. The number of nitrogens with two attached hydrogens (primary N) is 1. The number of nitro benzene ring substituents is 1. The highest BCUT2D eigenvalue weighted by atomic mass is 16.6. The van der Waals surface area contributed by atoms with E-state index in [0.29, 0.717) is 12.5 Å². The number of hydrogen-bond acceptors (Lipinski definition) is 6. The molecule has 8 heteroatoms. The molecule has 0 fully saturated rings. The predicted molar refractivity (Wildman–Crippen MR) is 80.3 cm³/mol. The van der Waals surface area contributed by atoms with E-state index < -0.39 is 23.4 Å². The number of non-ortho nitro benzene ring substituents is 1. The van der Waals surface area contributed by atoms with Gasteiger partial charge in [0.05, 0.1) is 16.2 Å². The minimum Gasteiger partial charge on any atom is -0.452 e. The van der Waals surface area contributed by atoms with Crippen LogP contribution in [0.4, 0.5) is 11.4 Å². The average molecular weight is 309 g/mol. The van der Waals surface area contributed by atoms with Crippen molar-refractivity contribution in [2.45, 2.75) is 20.3 Å². The maximum atomic E-state index is 11.8. The molecule has 1 aromatic rings. The van der Waals surface area contributed by atoms with Crippen LogP contribution in [-0.4, -0.2) is 30.0 Å². The van der Waals surface area contributed by atoms with Gasteiger partial charge in [0.1, 0.15) is 0 Å². The van der Waals surface area contributed by atoms with Crippen LogP contribution in [0.15, 0.2) is 18.2 Å². The molecule has 1 amide bonds. The summed E-state index contributed by atoms with van der Waals surface area (Å²) in [6.45, 7) is 4.15. The monoisotopic (exact) mass is 309 g/mol. The van der Waals surface area contributed by atoms with E-state index in [0.717, 1.165) is 18.6 Å². The highest BCUT2D eigenvalue weighted by molar-refractivity contribution is 5.96. The van der Waals surface area contributed by atoms with E-state index >= 15 is 0 Å². The van der Waals surface area contributed by atoms with Crippen molar-refractivity contribution >= 4 is 23.3 Å². The summed E-state index contributed by atoms with van der Waals surface area (Å²) in [6, 6.07) is 3.42. The summed E-state index contributed by atoms with van der Waals surface area (Å²) in [4.78, 5) is 33.2. The number of esters is 1. The third-order valence-electron chi connectivity index (χ3n) is 2.84. The lowest BCUT2D eigenvalue weighted by atomic mass is 10.1. The fourth-order valence-electron chi connectivity index (χ4n) is 1.61. The van der Waals surface area contributed by atoms with Crippen molar-refractivity contribution in [1.29, 1.82) is 0 Å². The highest BCUT2D eigenvalue weighted by Crippen LogP contribution is 2.20. The fraction of sp³-hybridized carbons (Fsp3) is 0.429. The lowest BCUT2D eigenvalue weighted by molar-refractivity contribution is -0.384. The van der Waals surface area contributed by atoms with E-state index in [1.54, 1.807) is 0 Å². The maximum Gasteiger partial charge on any atom is 0.340 e. The van der Waals surface area contributed by atoms with E-state index in [1.165, 1.54) is 6.07 Å². The second-order valence-electron chi connectivity index (χ2n) is 5.14. The van der Waals surface area contributed by atoms with Crippen LogP contribution in [0.25, 0.3) is 0 Å². The van der Waals surface area contributed by atoms with Crippen LogP contribution < -0.4 is 11.1 Å². The molecule has 0 spiro atoms. The van der Waals surface area contributed by atoms with Crippen LogP contribution >= 0.6 is 0 Å². The van der Waals surface area contributed by atoms with Crippen LogP contribution in [0.5, 0.6) is 0 Å². The number of nitrogens with zero attached hydrogens (tertiary/aromatic N) is 1. The Morgan fingerprint density at radius 2 is 2.09 bits per heavy atom. The smallest absolute Gasteiger partial charge is 0.340 e. The number of hydrogen-bond donors (Lipinski definition) is 2. The molecule has 0 saturated heterocycles. The van der Waals surface area contributed by atoms with Gasteiger partial charge in [0, 0.05) is 18.7 Å². The van der Waals surface area contributed by atoms with E-state index in [9.17, 15) is 19.7 Å². The maximum absolute atomic E-state index is 11.8. The molecule has 8 nitrogen and oxygen atoms in total. The Morgan fingerprint density at radius 3 is 2.64 bits per heavy atom. The second kappa shape index (κ2) is 7.96. The number of amides is 1. The Labute approximate surface area is 127 Å². The lowest BCUT2D eigenvalue weighted by Gasteiger charge is -2.09. The van der Waals surface area contributed by atoms with Gasteiger partial charge in [0.25, 0.3) is 11.6 Å². The van der Waals surface area contributed by atoms with Gasteiger partial charge in [0.2, 0.25) is 0 Å². The Balaban J connectivity index is 2.52. The summed E-state index contributed by atoms with van der Waals surface area (Å²) < 4.78 is 4.83. The van der Waals surface area contributed by atoms with Crippen molar-refractivity contribution in [1.82, 2.24) is 5.32 Å². The molecular formula is C14H19N3O5. The molecule has 0 saturated carbocycles. The van der Waals surface area contributed by atoms with Crippen LogP contribution in [0, 0.1) is 16.0 Å². The first-order chi connectivity index (χ1) is 10.3. The van der Waals surface area contributed by atoms with E-state index in [2.05, 4.69) is 5.32 Å². The number of anilines is 1. The number of nitro groups is 1. The van der Waals surface area contributed by atoms with Crippen molar-refractivity contribution in [3.63, 3.8) is 0 Å². The summed E-state index contributed by atoms with van der Waals surface area (Å²) in [5.74, 6) is -0.747. The molecule has 0 bridgehead atoms. The van der Waals surface area contributed by atoms with E-state index in [4.69, 9.17) is 10.5 Å². The van der Waals surface area contributed by atoms with Gasteiger partial charge in [-0.05, 0) is 18.4 Å². The molecule has 120 valence electrons. The standard InChI is InChI=1S/C14H19N3O5/c1-9(2)5-6-16-13(18)8-22-14(19)11-4-3-10(17(20)21)7-12(11)15/h3-4,7,9H,5-6,8,15H2,1-2H3,(H,16,18). The zero-order valence-electron chi connectivity index (χ0n) is 12.5. The van der Waals surface area contributed by atoms with Crippen molar-refractivity contribution in [2.75, 3.05) is 18.9 Å². The summed E-state index contributed by atoms with van der Waals surface area (Å²) in [5.41, 5.74) is 5.27. The molecule has 1 rings (SSSR count). The van der Waals surface area contributed by atoms with E-state index in [1.807, 2.05) is 13.8 Å². The van der Waals surface area contributed by atoms with Gasteiger partial charge in [-0.15, -0.1) is 0 Å². The largest absolute Gasteiger partial charge is 0.452 e. The molecular weight excluding hydrogens is 290 g/mol. The first-order valence-electron chi connectivity index (χ1n) is 6.79. The quantitative estimate of drug-likeness (QED) is 0.340. The van der Waals surface area contributed by atoms with Crippen molar-refractivity contribution in [2.24, 2.45) is 5.92 Å². The molecule has 0 aliphatic heterocycles. The topological polar surface area (TPSA) is 125 Å². The van der Waals surface area contributed by atoms with Gasteiger partial charge < -0.3 is 15.8 Å². The number of benzene rings is 1. The van der Waals surface area contributed by atoms with Gasteiger partial charge >= 0.3 is 5.97 Å². The fourth-order valence-corrected chi connectivity index (χ4v) is 1.61. The number of ether oxygens (including phenoxy) is 1. The van der Waals surface area contributed by atoms with Gasteiger partial charge in [-0.2, -0.15) is 0 Å². The molecule has 0 aromatic heterocycles. The minimum absolute atomic E-state index is 0.0134. The number of carbonyl (C=O) groups is 2. The van der Waals surface area contributed by atoms with Crippen LogP contribution in [0.1, 0.15) is 30.6 Å². The SMILES string of the molecule is CC(C)CCNC(=O)COC(=O)c1ccc([N+](=O)[O-])cc1N. The molecule has 0 radical (unpaired) electrons. The molecule has 0 aliphatic rings. The van der Waals surface area contributed by atoms with E-state index in [-0.39, 0.29) is 16.9 Å². The normalized spacial score (nSPS) is 10.3. The average Bonchev–Trinajstić information content (AvgIpc) is 2.44. The van der Waals surface area contributed by atoms with Gasteiger partial charge in [0.15, 0.2) is 6.61 Å². The first-order valence-corrected chi connectivity index (χ1v) is 6.79. The highest BCUT2D eigenvalue weighted by Gasteiger charge is 2.16. The van der Waals surface area contributed by atoms with Crippen molar-refractivity contribution < 1.29 is 19.2 Å². The number of nitrogens with one attached hydrogen (secondary N) is 1. The molecule has 0 heterocycles. The lowest BCUT2D eigenvalue weighted by Crippen LogP contribution is -2.30. The third kappa shape index (κ3) is 5.39. The Bertz CT molecular complexity index is 572. The Morgan fingerprint density at radius 1 is 1.41 bits per heavy atom. The zero-order valence-corrected chi connectivity index (χ0v) is 12.5. The summed E-state index contributed by atoms with van der Waals surface area (Å²) in [5, 5.41) is 13.2. The summed E-state index contributed by atoms with van der Waals surface area (Å²) in [7, 11) is 0. The van der Waals surface area contributed by atoms with Crippen LogP contribution in [0.3, 0.4) is 0 Å². The third-order valence-corrected chi connectivity index (χ3v) is 2.84. The minimum atomic E-state index is -0.800. The zero-order chi connectivity index (χ0) is 16.7. The Hall–Kier alpha value is -2.64. The number of nitrogen functional groups attached to an aromatic ring is 1. The molecule has 0 atom stereocenters. The van der Waals surface area contributed by atoms with Gasteiger partial charge in [-0.25, -0.2) is 4.79 Å². The van der Waals surface area contributed by atoms with Crippen LogP contribution in [0.2, 0.25) is 0 Å². The summed E-state index contributed by atoms with van der Waals surface area (Å²) in [6.07, 6.45) is 0.828. The predicted octanol–water partition coefficient (Wildman–Crippen LogP) is 1.50. The van der Waals surface area contributed by atoms with Gasteiger partial charge in [-0.1, -0.05) is 13.8 Å². The van der Waals surface area contributed by atoms with Crippen molar-refractivity contribution in [3.05, 3.63) is 33.9 Å². The van der Waals surface area contributed by atoms with Crippen molar-refractivity contribution in [3.8, 4) is 0 Å². The molecule has 0 unspecified atom stereocenters. The Kier molecular flexibility index (Phi) is 6.30. The molecule has 22 heavy (non-hydrogen) atoms. The molecule has 3 N–H and O–H groups in total. The van der Waals surface area contributed by atoms with Gasteiger partial charge in [-0.3, -0.25) is 14.9 Å². The second-order valence-corrected chi connectivity index (χ2v) is 5.14.